The second-order valence-corrected chi connectivity index (χ2v) is 4.01. The highest BCUT2D eigenvalue weighted by atomic mass is 79.9. The van der Waals surface area contributed by atoms with Gasteiger partial charge >= 0.3 is 6.61 Å². The molecular formula is C11H7BrF2N2O2. The molecule has 0 radical (unpaired) electrons. The number of halogens is 3. The number of carbonyl (C=O) groups is 1. The molecule has 0 saturated heterocycles. The Bertz CT molecular complexity index is 538. The molecule has 0 fully saturated rings. The molecule has 94 valence electrons. The molecule has 1 amide bonds. The summed E-state index contributed by atoms with van der Waals surface area (Å²) >= 11 is 3.14. The summed E-state index contributed by atoms with van der Waals surface area (Å²) in [7, 11) is 0. The molecular weight excluding hydrogens is 310 g/mol. The van der Waals surface area contributed by atoms with Crippen LogP contribution in [-0.4, -0.2) is 12.5 Å². The van der Waals surface area contributed by atoms with E-state index < -0.39 is 12.5 Å². The van der Waals surface area contributed by atoms with Crippen molar-refractivity contribution in [2.24, 2.45) is 5.73 Å². The third-order valence-electron chi connectivity index (χ3n) is 1.87. The number of amides is 1. The van der Waals surface area contributed by atoms with Gasteiger partial charge in [-0.3, -0.25) is 4.79 Å². The van der Waals surface area contributed by atoms with Crippen LogP contribution in [0.2, 0.25) is 0 Å². The Labute approximate surface area is 110 Å². The lowest BCUT2D eigenvalue weighted by Crippen LogP contribution is -2.12. The van der Waals surface area contributed by atoms with E-state index in [0.717, 1.165) is 6.08 Å². The van der Waals surface area contributed by atoms with Crippen molar-refractivity contribution in [3.8, 4) is 11.8 Å². The molecule has 2 N–H and O–H groups in total. The highest BCUT2D eigenvalue weighted by Crippen LogP contribution is 2.26. The molecule has 4 nitrogen and oxygen atoms in total. The van der Waals surface area contributed by atoms with E-state index in [9.17, 15) is 13.6 Å². The SMILES string of the molecule is N#C/C(=C\c1cc(Br)ccc1OC(F)F)C(N)=O. The second-order valence-electron chi connectivity index (χ2n) is 3.09. The summed E-state index contributed by atoms with van der Waals surface area (Å²) in [4.78, 5) is 10.9. The number of benzene rings is 1. The molecule has 0 aliphatic rings. The Morgan fingerprint density at radius 1 is 1.56 bits per heavy atom. The van der Waals surface area contributed by atoms with Gasteiger partial charge in [0.1, 0.15) is 17.4 Å². The molecule has 0 heterocycles. The molecule has 0 unspecified atom stereocenters. The van der Waals surface area contributed by atoms with E-state index in [-0.39, 0.29) is 16.9 Å². The Hall–Kier alpha value is -1.94. The topological polar surface area (TPSA) is 76.1 Å². The van der Waals surface area contributed by atoms with Crippen molar-refractivity contribution >= 4 is 27.9 Å². The van der Waals surface area contributed by atoms with Crippen molar-refractivity contribution in [1.29, 1.82) is 5.26 Å². The first kappa shape index (κ1) is 14.1. The van der Waals surface area contributed by atoms with Gasteiger partial charge in [-0.25, -0.2) is 0 Å². The van der Waals surface area contributed by atoms with Crippen molar-refractivity contribution in [1.82, 2.24) is 0 Å². The predicted octanol–water partition coefficient (Wildman–Crippen LogP) is 2.44. The van der Waals surface area contributed by atoms with Crippen molar-refractivity contribution in [2.75, 3.05) is 0 Å². The highest BCUT2D eigenvalue weighted by Gasteiger charge is 2.11. The molecule has 0 aliphatic heterocycles. The van der Waals surface area contributed by atoms with Gasteiger partial charge in [-0.05, 0) is 24.3 Å². The minimum Gasteiger partial charge on any atom is -0.434 e. The van der Waals surface area contributed by atoms with E-state index >= 15 is 0 Å². The summed E-state index contributed by atoms with van der Waals surface area (Å²) in [5, 5.41) is 8.68. The zero-order chi connectivity index (χ0) is 13.7. The molecule has 7 heteroatoms. The number of ether oxygens (including phenoxy) is 1. The monoisotopic (exact) mass is 316 g/mol. The van der Waals surface area contributed by atoms with Gasteiger partial charge in [0.05, 0.1) is 0 Å². The number of primary amides is 1. The third kappa shape index (κ3) is 3.82. The minimum absolute atomic E-state index is 0.151. The van der Waals surface area contributed by atoms with Gasteiger partial charge in [0.2, 0.25) is 0 Å². The molecule has 0 bridgehead atoms. The van der Waals surface area contributed by atoms with Crippen LogP contribution in [0.4, 0.5) is 8.78 Å². The molecule has 0 saturated carbocycles. The molecule has 0 atom stereocenters. The number of nitriles is 1. The largest absolute Gasteiger partial charge is 0.434 e. The summed E-state index contributed by atoms with van der Waals surface area (Å²) in [5.74, 6) is -1.09. The number of nitrogens with two attached hydrogens (primary N) is 1. The number of carbonyl (C=O) groups excluding carboxylic acids is 1. The first-order valence-electron chi connectivity index (χ1n) is 4.60. The summed E-state index contributed by atoms with van der Waals surface area (Å²) in [5.41, 5.74) is 4.75. The Morgan fingerprint density at radius 3 is 2.72 bits per heavy atom. The molecule has 1 aromatic carbocycles. The summed E-state index contributed by atoms with van der Waals surface area (Å²) < 4.78 is 29.2. The van der Waals surface area contributed by atoms with Gasteiger partial charge in [-0.2, -0.15) is 14.0 Å². The van der Waals surface area contributed by atoms with Gasteiger partial charge in [0.15, 0.2) is 0 Å². The second kappa shape index (κ2) is 6.12. The summed E-state index contributed by atoms with van der Waals surface area (Å²) in [6.45, 7) is -3.00. The van der Waals surface area contributed by atoms with Crippen LogP contribution in [0.25, 0.3) is 6.08 Å². The highest BCUT2D eigenvalue weighted by molar-refractivity contribution is 9.10. The molecule has 0 aliphatic carbocycles. The number of rotatable bonds is 4. The lowest BCUT2D eigenvalue weighted by Gasteiger charge is -2.08. The fraction of sp³-hybridized carbons (Fsp3) is 0.0909. The van der Waals surface area contributed by atoms with Gasteiger partial charge in [0.25, 0.3) is 5.91 Å². The maximum absolute atomic E-state index is 12.2. The van der Waals surface area contributed by atoms with Gasteiger partial charge in [-0.15, -0.1) is 0 Å². The quantitative estimate of drug-likeness (QED) is 0.684. The molecule has 1 aromatic rings. The van der Waals surface area contributed by atoms with Crippen molar-refractivity contribution in [2.45, 2.75) is 6.61 Å². The average Bonchev–Trinajstić information content (AvgIpc) is 2.28. The Morgan fingerprint density at radius 2 is 2.22 bits per heavy atom. The third-order valence-corrected chi connectivity index (χ3v) is 2.37. The minimum atomic E-state index is -3.00. The van der Waals surface area contributed by atoms with E-state index in [4.69, 9.17) is 11.0 Å². The van der Waals surface area contributed by atoms with Gasteiger partial charge < -0.3 is 10.5 Å². The van der Waals surface area contributed by atoms with E-state index in [2.05, 4.69) is 20.7 Å². The first-order valence-corrected chi connectivity index (χ1v) is 5.39. The lowest BCUT2D eigenvalue weighted by molar-refractivity contribution is -0.114. The number of nitrogens with zero attached hydrogens (tertiary/aromatic N) is 1. The van der Waals surface area contributed by atoms with E-state index in [0.29, 0.717) is 4.47 Å². The zero-order valence-electron chi connectivity index (χ0n) is 8.86. The normalized spacial score (nSPS) is 11.2. The fourth-order valence-corrected chi connectivity index (χ4v) is 1.53. The van der Waals surface area contributed by atoms with Crippen LogP contribution in [0.3, 0.4) is 0 Å². The van der Waals surface area contributed by atoms with Crippen LogP contribution in [-0.2, 0) is 4.79 Å². The maximum Gasteiger partial charge on any atom is 0.387 e. The summed E-state index contributed by atoms with van der Waals surface area (Å²) in [6, 6.07) is 5.79. The van der Waals surface area contributed by atoms with E-state index in [1.165, 1.54) is 18.2 Å². The van der Waals surface area contributed by atoms with Crippen LogP contribution in [0.1, 0.15) is 5.56 Å². The van der Waals surface area contributed by atoms with E-state index in [1.807, 2.05) is 0 Å². The van der Waals surface area contributed by atoms with Crippen molar-refractivity contribution < 1.29 is 18.3 Å². The molecule has 0 spiro atoms. The first-order chi connectivity index (χ1) is 8.43. The smallest absolute Gasteiger partial charge is 0.387 e. The Balaban J connectivity index is 3.25. The predicted molar refractivity (Wildman–Crippen MR) is 63.6 cm³/mol. The average molecular weight is 317 g/mol. The van der Waals surface area contributed by atoms with Crippen LogP contribution in [0.5, 0.6) is 5.75 Å². The zero-order valence-corrected chi connectivity index (χ0v) is 10.4. The van der Waals surface area contributed by atoms with Gasteiger partial charge in [0, 0.05) is 10.0 Å². The van der Waals surface area contributed by atoms with Crippen LogP contribution in [0.15, 0.2) is 28.2 Å². The standard InChI is InChI=1S/C11H7BrF2N2O2/c12-8-1-2-9(18-11(13)14)6(4-8)3-7(5-15)10(16)17/h1-4,11H,(H2,16,17)/b7-3+. The van der Waals surface area contributed by atoms with Crippen molar-refractivity contribution in [3.05, 3.63) is 33.8 Å². The van der Waals surface area contributed by atoms with Crippen molar-refractivity contribution in [3.63, 3.8) is 0 Å². The van der Waals surface area contributed by atoms with Crippen LogP contribution in [0, 0.1) is 11.3 Å². The maximum atomic E-state index is 12.2. The molecule has 18 heavy (non-hydrogen) atoms. The lowest BCUT2D eigenvalue weighted by atomic mass is 10.1. The van der Waals surface area contributed by atoms with Crippen LogP contribution < -0.4 is 10.5 Å². The molecule has 1 rings (SSSR count). The number of hydrogen-bond donors (Lipinski definition) is 1. The fourth-order valence-electron chi connectivity index (χ4n) is 1.15. The van der Waals surface area contributed by atoms with Crippen LogP contribution >= 0.6 is 15.9 Å². The van der Waals surface area contributed by atoms with Gasteiger partial charge in [-0.1, -0.05) is 15.9 Å². The Kier molecular flexibility index (Phi) is 4.80. The summed E-state index contributed by atoms with van der Waals surface area (Å²) in [6.07, 6.45) is 1.09. The van der Waals surface area contributed by atoms with E-state index in [1.54, 1.807) is 6.07 Å². The number of alkyl halides is 2. The molecule has 0 aromatic heterocycles. The number of hydrogen-bond acceptors (Lipinski definition) is 3.